The van der Waals surface area contributed by atoms with Crippen LogP contribution < -0.4 is 14.8 Å². The minimum absolute atomic E-state index is 0.0739. The number of sulfonamides is 1. The van der Waals surface area contributed by atoms with Gasteiger partial charge in [0.25, 0.3) is 0 Å². The first-order valence-electron chi connectivity index (χ1n) is 10.2. The van der Waals surface area contributed by atoms with E-state index in [1.54, 1.807) is 32.9 Å². The Balaban J connectivity index is 1.70. The summed E-state index contributed by atoms with van der Waals surface area (Å²) in [5.74, 6) is 0.473. The molecule has 0 spiro atoms. The molecule has 0 aliphatic carbocycles. The first kappa shape index (κ1) is 23.9. The minimum atomic E-state index is -3.70. The van der Waals surface area contributed by atoms with Gasteiger partial charge in [-0.15, -0.1) is 11.3 Å². The van der Waals surface area contributed by atoms with Gasteiger partial charge >= 0.3 is 0 Å². The third kappa shape index (κ3) is 6.38. The molecule has 0 bridgehead atoms. The van der Waals surface area contributed by atoms with Crippen LogP contribution in [-0.2, 0) is 21.2 Å². The Hall–Kier alpha value is -2.75. The molecule has 1 amide bonds. The van der Waals surface area contributed by atoms with Crippen molar-refractivity contribution in [3.63, 3.8) is 0 Å². The number of nitrogens with one attached hydrogen (secondary N) is 2. The number of anilines is 1. The SMILES string of the molecule is CCOc1ccccc1-c1nc(CC(=O)Nc2cccc(S(=O)(=O)NC(C)(C)C)c2)cs1. The van der Waals surface area contributed by atoms with Crippen molar-refractivity contribution in [1.82, 2.24) is 9.71 Å². The summed E-state index contributed by atoms with van der Waals surface area (Å²) in [6, 6.07) is 13.8. The van der Waals surface area contributed by atoms with Crippen molar-refractivity contribution in [2.45, 2.75) is 44.6 Å². The molecule has 3 rings (SSSR count). The van der Waals surface area contributed by atoms with E-state index in [1.165, 1.54) is 23.5 Å². The standard InChI is InChI=1S/C23H27N3O4S2/c1-5-30-20-12-7-6-11-19(20)22-25-17(15-31-22)14-21(27)24-16-9-8-10-18(13-16)32(28,29)26-23(2,3)4/h6-13,15,26H,5,14H2,1-4H3,(H,24,27). The van der Waals surface area contributed by atoms with Crippen molar-refractivity contribution in [1.29, 1.82) is 0 Å². The Morgan fingerprint density at radius 1 is 1.12 bits per heavy atom. The van der Waals surface area contributed by atoms with Gasteiger partial charge in [-0.05, 0) is 58.0 Å². The monoisotopic (exact) mass is 473 g/mol. The zero-order valence-corrected chi connectivity index (χ0v) is 20.1. The Bertz CT molecular complexity index is 1200. The van der Waals surface area contributed by atoms with Crippen molar-refractivity contribution in [2.24, 2.45) is 0 Å². The van der Waals surface area contributed by atoms with E-state index in [1.807, 2.05) is 36.6 Å². The summed E-state index contributed by atoms with van der Waals surface area (Å²) < 4.78 is 33.4. The van der Waals surface area contributed by atoms with Gasteiger partial charge in [-0.3, -0.25) is 4.79 Å². The van der Waals surface area contributed by atoms with Crippen LogP contribution >= 0.6 is 11.3 Å². The molecule has 7 nitrogen and oxygen atoms in total. The summed E-state index contributed by atoms with van der Waals surface area (Å²) in [5, 5.41) is 5.37. The molecule has 0 aliphatic rings. The van der Waals surface area contributed by atoms with Crippen LogP contribution in [0.4, 0.5) is 5.69 Å². The topological polar surface area (TPSA) is 97.4 Å². The molecule has 0 saturated heterocycles. The molecule has 2 aromatic carbocycles. The number of thiazole rings is 1. The van der Waals surface area contributed by atoms with E-state index in [2.05, 4.69) is 15.0 Å². The number of rotatable bonds is 8. The number of benzene rings is 2. The van der Waals surface area contributed by atoms with Crippen molar-refractivity contribution in [3.8, 4) is 16.3 Å². The van der Waals surface area contributed by atoms with Crippen LogP contribution in [0.15, 0.2) is 58.8 Å². The molecule has 0 saturated carbocycles. The first-order valence-corrected chi connectivity index (χ1v) is 12.5. The van der Waals surface area contributed by atoms with E-state index in [0.717, 1.165) is 16.3 Å². The average Bonchev–Trinajstić information content (AvgIpc) is 3.15. The van der Waals surface area contributed by atoms with Gasteiger partial charge in [0.15, 0.2) is 0 Å². The van der Waals surface area contributed by atoms with E-state index in [0.29, 0.717) is 18.0 Å². The smallest absolute Gasteiger partial charge is 0.241 e. The highest BCUT2D eigenvalue weighted by molar-refractivity contribution is 7.89. The molecule has 0 unspecified atom stereocenters. The van der Waals surface area contributed by atoms with E-state index < -0.39 is 15.6 Å². The van der Waals surface area contributed by atoms with E-state index in [9.17, 15) is 13.2 Å². The molecular weight excluding hydrogens is 446 g/mol. The number of hydrogen-bond donors (Lipinski definition) is 2. The second kappa shape index (κ2) is 9.81. The second-order valence-corrected chi connectivity index (χ2v) is 10.7. The molecule has 32 heavy (non-hydrogen) atoms. The average molecular weight is 474 g/mol. The zero-order valence-electron chi connectivity index (χ0n) is 18.5. The van der Waals surface area contributed by atoms with Gasteiger partial charge in [-0.2, -0.15) is 0 Å². The Kier molecular flexibility index (Phi) is 7.33. The fourth-order valence-corrected chi connectivity index (χ4v) is 5.32. The molecule has 1 aromatic heterocycles. The van der Waals surface area contributed by atoms with Gasteiger partial charge < -0.3 is 10.1 Å². The Morgan fingerprint density at radius 2 is 1.88 bits per heavy atom. The van der Waals surface area contributed by atoms with Gasteiger partial charge in [-0.1, -0.05) is 18.2 Å². The van der Waals surface area contributed by atoms with E-state index >= 15 is 0 Å². The lowest BCUT2D eigenvalue weighted by atomic mass is 10.1. The zero-order chi connectivity index (χ0) is 23.4. The molecule has 0 radical (unpaired) electrons. The van der Waals surface area contributed by atoms with Crippen LogP contribution in [0.5, 0.6) is 5.75 Å². The van der Waals surface area contributed by atoms with Gasteiger partial charge in [0, 0.05) is 16.6 Å². The second-order valence-electron chi connectivity index (χ2n) is 8.18. The molecule has 1 heterocycles. The largest absolute Gasteiger partial charge is 0.493 e. The fraction of sp³-hybridized carbons (Fsp3) is 0.304. The van der Waals surface area contributed by atoms with Crippen LogP contribution in [0, 0.1) is 0 Å². The number of ether oxygens (including phenoxy) is 1. The molecule has 170 valence electrons. The van der Waals surface area contributed by atoms with Gasteiger partial charge in [0.2, 0.25) is 15.9 Å². The van der Waals surface area contributed by atoms with Crippen molar-refractivity contribution in [3.05, 3.63) is 59.6 Å². The van der Waals surface area contributed by atoms with Gasteiger partial charge in [0.05, 0.1) is 29.2 Å². The van der Waals surface area contributed by atoms with Crippen molar-refractivity contribution >= 4 is 33.0 Å². The maximum absolute atomic E-state index is 12.6. The summed E-state index contributed by atoms with van der Waals surface area (Å²) in [5.41, 5.74) is 1.31. The number of carbonyl (C=O) groups excluding carboxylic acids is 1. The number of aromatic nitrogens is 1. The number of para-hydroxylation sites is 1. The third-order valence-corrected chi connectivity index (χ3v) is 6.86. The minimum Gasteiger partial charge on any atom is -0.493 e. The number of hydrogen-bond acceptors (Lipinski definition) is 6. The van der Waals surface area contributed by atoms with E-state index in [-0.39, 0.29) is 17.2 Å². The molecule has 9 heteroatoms. The Morgan fingerprint density at radius 3 is 2.59 bits per heavy atom. The highest BCUT2D eigenvalue weighted by Crippen LogP contribution is 2.32. The number of carbonyl (C=O) groups is 1. The quantitative estimate of drug-likeness (QED) is 0.503. The van der Waals surface area contributed by atoms with Gasteiger partial charge in [-0.25, -0.2) is 18.1 Å². The van der Waals surface area contributed by atoms with Crippen LogP contribution in [0.2, 0.25) is 0 Å². The fourth-order valence-electron chi connectivity index (χ4n) is 3.01. The summed E-state index contributed by atoms with van der Waals surface area (Å²) in [7, 11) is -3.70. The highest BCUT2D eigenvalue weighted by atomic mass is 32.2. The lowest BCUT2D eigenvalue weighted by Crippen LogP contribution is -2.40. The Labute approximate surface area is 192 Å². The van der Waals surface area contributed by atoms with Crippen LogP contribution in [-0.4, -0.2) is 31.5 Å². The van der Waals surface area contributed by atoms with Crippen LogP contribution in [0.1, 0.15) is 33.4 Å². The number of amides is 1. The van der Waals surface area contributed by atoms with Crippen molar-refractivity contribution < 1.29 is 17.9 Å². The van der Waals surface area contributed by atoms with Crippen LogP contribution in [0.25, 0.3) is 10.6 Å². The number of nitrogens with zero attached hydrogens (tertiary/aromatic N) is 1. The molecule has 0 fully saturated rings. The normalized spacial score (nSPS) is 11.9. The predicted octanol–water partition coefficient (Wildman–Crippen LogP) is 4.47. The molecule has 0 aliphatic heterocycles. The lowest BCUT2D eigenvalue weighted by Gasteiger charge is -2.20. The van der Waals surface area contributed by atoms with Crippen molar-refractivity contribution in [2.75, 3.05) is 11.9 Å². The summed E-state index contributed by atoms with van der Waals surface area (Å²) >= 11 is 1.44. The maximum atomic E-state index is 12.6. The third-order valence-electron chi connectivity index (χ3n) is 4.18. The molecule has 3 aromatic rings. The van der Waals surface area contributed by atoms with E-state index in [4.69, 9.17) is 4.74 Å². The summed E-state index contributed by atoms with van der Waals surface area (Å²) in [4.78, 5) is 17.2. The molecular formula is C23H27N3O4S2. The van der Waals surface area contributed by atoms with Crippen LogP contribution in [0.3, 0.4) is 0 Å². The lowest BCUT2D eigenvalue weighted by molar-refractivity contribution is -0.115. The summed E-state index contributed by atoms with van der Waals surface area (Å²) in [6.07, 6.45) is 0.0739. The maximum Gasteiger partial charge on any atom is 0.241 e. The molecule has 0 atom stereocenters. The molecule has 2 N–H and O–H groups in total. The van der Waals surface area contributed by atoms with Gasteiger partial charge in [0.1, 0.15) is 10.8 Å². The highest BCUT2D eigenvalue weighted by Gasteiger charge is 2.22. The predicted molar refractivity (Wildman–Crippen MR) is 128 cm³/mol. The first-order chi connectivity index (χ1) is 15.1. The summed E-state index contributed by atoms with van der Waals surface area (Å²) in [6.45, 7) is 7.78.